The number of rotatable bonds is 2. The van der Waals surface area contributed by atoms with Crippen LogP contribution in [-0.4, -0.2) is 17.0 Å². The number of benzene rings is 2. The Labute approximate surface area is 171 Å². The second-order valence-corrected chi connectivity index (χ2v) is 7.70. The van der Waals surface area contributed by atoms with Crippen LogP contribution in [0.25, 0.3) is 0 Å². The monoisotopic (exact) mass is 561 g/mol. The van der Waals surface area contributed by atoms with Crippen LogP contribution in [0.1, 0.15) is 11.6 Å². The number of carbonyl (C=O) groups is 2. The lowest BCUT2D eigenvalue weighted by Crippen LogP contribution is -2.32. The molecule has 2 aromatic rings. The second kappa shape index (κ2) is 7.60. The van der Waals surface area contributed by atoms with Crippen molar-refractivity contribution in [1.29, 1.82) is 0 Å². The minimum atomic E-state index is -0.642. The summed E-state index contributed by atoms with van der Waals surface area (Å²) in [7, 11) is 0. The molecule has 0 aromatic heterocycles. The van der Waals surface area contributed by atoms with Gasteiger partial charge in [0.2, 0.25) is 0 Å². The first-order valence-electron chi connectivity index (χ1n) is 7.27. The van der Waals surface area contributed by atoms with E-state index < -0.39 is 23.7 Å². The number of fused-ring (bicyclic) bond motifs is 1. The number of hydrogen-bond acceptors (Lipinski definition) is 3. The molecule has 0 aliphatic carbocycles. The molecular weight excluding hydrogens is 548 g/mol. The number of amides is 3. The van der Waals surface area contributed by atoms with Crippen molar-refractivity contribution in [1.82, 2.24) is 5.32 Å². The van der Waals surface area contributed by atoms with Gasteiger partial charge in [0.25, 0.3) is 5.91 Å². The van der Waals surface area contributed by atoms with Crippen molar-refractivity contribution in [3.63, 3.8) is 0 Å². The van der Waals surface area contributed by atoms with E-state index in [1.807, 2.05) is 18.2 Å². The molecule has 3 amide bonds. The van der Waals surface area contributed by atoms with Gasteiger partial charge in [0.05, 0.1) is 11.7 Å². The van der Waals surface area contributed by atoms with Crippen LogP contribution in [0, 0.1) is 7.14 Å². The van der Waals surface area contributed by atoms with Crippen LogP contribution in [0.2, 0.25) is 0 Å². The number of carbonyl (C=O) groups excluding carboxylic acids is 2. The van der Waals surface area contributed by atoms with Gasteiger partial charge in [0.1, 0.15) is 0 Å². The topological polar surface area (TPSA) is 90.5 Å². The fourth-order valence-corrected chi connectivity index (χ4v) is 4.14. The number of halogens is 2. The summed E-state index contributed by atoms with van der Waals surface area (Å²) in [5, 5.41) is 18.0. The van der Waals surface area contributed by atoms with Crippen LogP contribution in [0.5, 0.6) is 0 Å². The largest absolute Gasteiger partial charge is 0.503 e. The average Bonchev–Trinajstić information content (AvgIpc) is 2.68. The molecule has 1 atom stereocenters. The van der Waals surface area contributed by atoms with E-state index in [0.29, 0.717) is 16.9 Å². The van der Waals surface area contributed by atoms with Crippen LogP contribution in [0.15, 0.2) is 54.3 Å². The van der Waals surface area contributed by atoms with E-state index in [0.717, 1.165) is 7.14 Å². The minimum Gasteiger partial charge on any atom is -0.503 e. The maximum atomic E-state index is 12.4. The number of hydrogen-bond donors (Lipinski definition) is 4. The molecule has 128 valence electrons. The standard InChI is InChI=1S/C17H13I2N3O3/c18-9-5-6-13(11(19)7-9)21-17(25)22-14-8-15(23)16(24)20-12-4-2-1-3-10(12)14/h1-8,14,23H,(H,20,24)(H2,21,22,25). The lowest BCUT2D eigenvalue weighted by atomic mass is 10.1. The molecule has 0 spiro atoms. The Kier molecular flexibility index (Phi) is 5.47. The van der Waals surface area contributed by atoms with Crippen LogP contribution < -0.4 is 16.0 Å². The number of para-hydroxylation sites is 1. The molecule has 1 aliphatic heterocycles. The first-order chi connectivity index (χ1) is 11.9. The van der Waals surface area contributed by atoms with Gasteiger partial charge >= 0.3 is 6.03 Å². The highest BCUT2D eigenvalue weighted by molar-refractivity contribution is 14.1. The SMILES string of the molecule is O=C(Nc1ccc(I)cc1I)NC1C=C(O)C(=O)Nc2ccccc21. The Morgan fingerprint density at radius 3 is 2.68 bits per heavy atom. The number of nitrogens with one attached hydrogen (secondary N) is 3. The van der Waals surface area contributed by atoms with E-state index in [1.165, 1.54) is 6.08 Å². The Hall–Kier alpha value is -1.82. The van der Waals surface area contributed by atoms with Gasteiger partial charge in [-0.15, -0.1) is 0 Å². The van der Waals surface area contributed by atoms with Crippen molar-refractivity contribution in [2.75, 3.05) is 10.6 Å². The van der Waals surface area contributed by atoms with Crippen molar-refractivity contribution >= 4 is 68.5 Å². The molecule has 0 saturated heterocycles. The third kappa shape index (κ3) is 4.24. The minimum absolute atomic E-state index is 0.433. The molecule has 1 unspecified atom stereocenters. The van der Waals surface area contributed by atoms with E-state index in [2.05, 4.69) is 61.1 Å². The van der Waals surface area contributed by atoms with Crippen LogP contribution in [0.4, 0.5) is 16.2 Å². The predicted octanol–water partition coefficient (Wildman–Crippen LogP) is 4.15. The summed E-state index contributed by atoms with van der Waals surface area (Å²) in [6, 6.07) is 11.7. The summed E-state index contributed by atoms with van der Waals surface area (Å²) >= 11 is 4.35. The maximum Gasteiger partial charge on any atom is 0.320 e. The van der Waals surface area contributed by atoms with Gasteiger partial charge in [-0.05, 0) is 75.5 Å². The molecule has 0 radical (unpaired) electrons. The van der Waals surface area contributed by atoms with E-state index in [4.69, 9.17) is 0 Å². The molecule has 25 heavy (non-hydrogen) atoms. The zero-order valence-electron chi connectivity index (χ0n) is 12.7. The van der Waals surface area contributed by atoms with Crippen molar-refractivity contribution in [3.05, 3.63) is 67.0 Å². The molecule has 1 heterocycles. The fraction of sp³-hybridized carbons (Fsp3) is 0.0588. The summed E-state index contributed by atoms with van der Waals surface area (Å²) in [6.45, 7) is 0. The molecule has 3 rings (SSSR count). The van der Waals surface area contributed by atoms with Crippen molar-refractivity contribution < 1.29 is 14.7 Å². The van der Waals surface area contributed by atoms with Crippen molar-refractivity contribution in [3.8, 4) is 0 Å². The molecule has 0 bridgehead atoms. The maximum absolute atomic E-state index is 12.4. The number of urea groups is 1. The van der Waals surface area contributed by atoms with Crippen molar-refractivity contribution in [2.24, 2.45) is 0 Å². The second-order valence-electron chi connectivity index (χ2n) is 5.29. The molecule has 0 saturated carbocycles. The predicted molar refractivity (Wildman–Crippen MR) is 113 cm³/mol. The highest BCUT2D eigenvalue weighted by Gasteiger charge is 2.23. The fourth-order valence-electron chi connectivity index (χ4n) is 2.40. The smallest absolute Gasteiger partial charge is 0.320 e. The highest BCUT2D eigenvalue weighted by Crippen LogP contribution is 2.28. The first-order valence-corrected chi connectivity index (χ1v) is 9.43. The zero-order valence-corrected chi connectivity index (χ0v) is 17.0. The van der Waals surface area contributed by atoms with E-state index in [9.17, 15) is 14.7 Å². The van der Waals surface area contributed by atoms with Crippen LogP contribution >= 0.6 is 45.2 Å². The van der Waals surface area contributed by atoms with Crippen molar-refractivity contribution in [2.45, 2.75) is 6.04 Å². The lowest BCUT2D eigenvalue weighted by molar-refractivity contribution is -0.115. The summed E-state index contributed by atoms with van der Waals surface area (Å²) in [5.41, 5.74) is 1.91. The third-order valence-electron chi connectivity index (χ3n) is 3.57. The lowest BCUT2D eigenvalue weighted by Gasteiger charge is -2.17. The molecule has 4 N–H and O–H groups in total. The number of aliphatic hydroxyl groups is 1. The van der Waals surface area contributed by atoms with E-state index in [-0.39, 0.29) is 0 Å². The van der Waals surface area contributed by atoms with Gasteiger partial charge in [-0.3, -0.25) is 4.79 Å². The van der Waals surface area contributed by atoms with Gasteiger partial charge in [0, 0.05) is 18.4 Å². The highest BCUT2D eigenvalue weighted by atomic mass is 127. The Morgan fingerprint density at radius 2 is 1.92 bits per heavy atom. The quantitative estimate of drug-likeness (QED) is 0.416. The summed E-state index contributed by atoms with van der Waals surface area (Å²) < 4.78 is 1.99. The van der Waals surface area contributed by atoms with Gasteiger partial charge < -0.3 is 21.1 Å². The van der Waals surface area contributed by atoms with E-state index in [1.54, 1.807) is 24.3 Å². The summed E-state index contributed by atoms with van der Waals surface area (Å²) in [4.78, 5) is 24.2. The summed E-state index contributed by atoms with van der Waals surface area (Å²) in [6.07, 6.45) is 1.32. The van der Waals surface area contributed by atoms with Gasteiger partial charge in [-0.2, -0.15) is 0 Å². The zero-order chi connectivity index (χ0) is 18.0. The molecule has 1 aliphatic rings. The van der Waals surface area contributed by atoms with Gasteiger partial charge in [-0.25, -0.2) is 4.79 Å². The normalized spacial score (nSPS) is 16.2. The Balaban J connectivity index is 1.83. The first kappa shape index (κ1) is 18.0. The van der Waals surface area contributed by atoms with Crippen LogP contribution in [0.3, 0.4) is 0 Å². The Bertz CT molecular complexity index is 883. The molecule has 2 aromatic carbocycles. The van der Waals surface area contributed by atoms with Gasteiger partial charge in [0.15, 0.2) is 5.76 Å². The number of anilines is 2. The van der Waals surface area contributed by atoms with E-state index >= 15 is 0 Å². The molecule has 0 fully saturated rings. The average molecular weight is 561 g/mol. The number of aliphatic hydroxyl groups excluding tert-OH is 1. The molecule has 6 nitrogen and oxygen atoms in total. The van der Waals surface area contributed by atoms with Gasteiger partial charge in [-0.1, -0.05) is 18.2 Å². The Morgan fingerprint density at radius 1 is 1.16 bits per heavy atom. The van der Waals surface area contributed by atoms with Crippen LogP contribution in [-0.2, 0) is 4.79 Å². The third-order valence-corrected chi connectivity index (χ3v) is 5.13. The summed E-state index contributed by atoms with van der Waals surface area (Å²) in [5.74, 6) is -1.05. The molecule has 8 heteroatoms. The molecular formula is C17H13I2N3O3.